The number of thiocarbonyl (C=S) groups is 1. The lowest BCUT2D eigenvalue weighted by molar-refractivity contribution is -0.393. The number of anilines is 2. The normalized spacial score (nSPS) is 13.9. The first-order valence-corrected chi connectivity index (χ1v) is 9.04. The van der Waals surface area contributed by atoms with E-state index in [-0.39, 0.29) is 34.1 Å². The predicted octanol–water partition coefficient (Wildman–Crippen LogP) is 1.08. The number of benzene rings is 1. The van der Waals surface area contributed by atoms with E-state index in [1.54, 1.807) is 0 Å². The second-order valence-corrected chi connectivity index (χ2v) is 6.72. The van der Waals surface area contributed by atoms with Gasteiger partial charge < -0.3 is 10.4 Å². The molecule has 0 spiro atoms. The first kappa shape index (κ1) is 20.7. The number of carbonyl (C=O) groups is 2. The Labute approximate surface area is 175 Å². The smallest absolute Gasteiger partial charge is 0.358 e. The van der Waals surface area contributed by atoms with Crippen LogP contribution in [0.2, 0.25) is 0 Å². The van der Waals surface area contributed by atoms with Gasteiger partial charge in [-0.15, -0.1) is 11.3 Å². The minimum atomic E-state index is -1.50. The molecule has 2 heterocycles. The summed E-state index contributed by atoms with van der Waals surface area (Å²) >= 11 is 5.94. The zero-order valence-electron chi connectivity index (χ0n) is 14.5. The fourth-order valence-electron chi connectivity index (χ4n) is 2.30. The fourth-order valence-corrected chi connectivity index (χ4v) is 3.45. The Morgan fingerprint density at radius 3 is 2.67 bits per heavy atom. The number of carbonyl (C=O) groups excluding carboxylic acids is 1. The van der Waals surface area contributed by atoms with E-state index in [1.807, 2.05) is 0 Å². The van der Waals surface area contributed by atoms with Crippen LogP contribution in [0.1, 0.15) is 5.69 Å². The third-order valence-electron chi connectivity index (χ3n) is 3.65. The van der Waals surface area contributed by atoms with E-state index in [0.29, 0.717) is 6.07 Å². The zero-order chi connectivity index (χ0) is 22.0. The van der Waals surface area contributed by atoms with Crippen LogP contribution in [0, 0.1) is 20.2 Å². The lowest BCUT2D eigenvalue weighted by Gasteiger charge is -2.09. The van der Waals surface area contributed by atoms with Crippen molar-refractivity contribution in [2.45, 2.75) is 0 Å². The standard InChI is InChI=1S/C14H9N7O7S2/c22-10-4-15-13(29)19(10)14-16-8(5-30-14)11(12(23)24)18-17-7-2-1-6(20(25)26)3-9(7)21(27)28/h1-3,5,17H,4H2,(H,15,29)(H,23,24)/b18-11-. The molecule has 0 unspecified atom stereocenters. The van der Waals surface area contributed by atoms with Gasteiger partial charge in [-0.05, 0) is 18.3 Å². The zero-order valence-corrected chi connectivity index (χ0v) is 16.1. The van der Waals surface area contributed by atoms with Crippen LogP contribution < -0.4 is 15.6 Å². The number of aromatic nitrogens is 1. The summed E-state index contributed by atoms with van der Waals surface area (Å²) in [6.07, 6.45) is 0. The highest BCUT2D eigenvalue weighted by Gasteiger charge is 2.30. The molecule has 3 rings (SSSR count). The van der Waals surface area contributed by atoms with E-state index in [2.05, 4.69) is 20.8 Å². The van der Waals surface area contributed by atoms with Crippen molar-refractivity contribution in [3.8, 4) is 0 Å². The van der Waals surface area contributed by atoms with Crippen LogP contribution in [0.15, 0.2) is 28.7 Å². The SMILES string of the molecule is O=C(O)/C(=N\Nc1ccc([N+](=O)[O-])cc1[N+](=O)[O-])c1csc(N2C(=O)CNC2=S)n1. The van der Waals surface area contributed by atoms with Crippen LogP contribution in [-0.2, 0) is 9.59 Å². The number of hydrazone groups is 1. The number of carboxylic acid groups (broad SMARTS) is 1. The van der Waals surface area contributed by atoms with E-state index in [9.17, 15) is 34.9 Å². The van der Waals surface area contributed by atoms with Gasteiger partial charge in [0.2, 0.25) is 0 Å². The van der Waals surface area contributed by atoms with E-state index in [4.69, 9.17) is 12.2 Å². The summed E-state index contributed by atoms with van der Waals surface area (Å²) in [4.78, 5) is 48.9. The van der Waals surface area contributed by atoms with Crippen molar-refractivity contribution in [1.29, 1.82) is 0 Å². The highest BCUT2D eigenvalue weighted by molar-refractivity contribution is 7.80. The van der Waals surface area contributed by atoms with Gasteiger partial charge in [0.25, 0.3) is 11.6 Å². The number of hydrogen-bond donors (Lipinski definition) is 3. The first-order valence-electron chi connectivity index (χ1n) is 7.75. The molecule has 1 aromatic heterocycles. The molecular formula is C14H9N7O7S2. The summed E-state index contributed by atoms with van der Waals surface area (Å²) in [5.41, 5.74) is 0.0518. The second-order valence-electron chi connectivity index (χ2n) is 5.50. The molecule has 1 fully saturated rings. The van der Waals surface area contributed by atoms with Crippen molar-refractivity contribution in [3.63, 3.8) is 0 Å². The molecule has 1 aliphatic rings. The van der Waals surface area contributed by atoms with E-state index in [0.717, 1.165) is 28.4 Å². The molecule has 3 N–H and O–H groups in total. The maximum absolute atomic E-state index is 11.9. The molecule has 0 atom stereocenters. The van der Waals surface area contributed by atoms with Gasteiger partial charge in [0.1, 0.15) is 11.4 Å². The Kier molecular flexibility index (Phi) is 5.61. The van der Waals surface area contributed by atoms with Gasteiger partial charge in [0.05, 0.1) is 22.5 Å². The largest absolute Gasteiger partial charge is 0.476 e. The molecule has 16 heteroatoms. The lowest BCUT2D eigenvalue weighted by atomic mass is 10.2. The van der Waals surface area contributed by atoms with Crippen LogP contribution >= 0.6 is 23.6 Å². The highest BCUT2D eigenvalue weighted by Crippen LogP contribution is 2.29. The predicted molar refractivity (Wildman–Crippen MR) is 108 cm³/mol. The van der Waals surface area contributed by atoms with Crippen molar-refractivity contribution in [3.05, 3.63) is 49.5 Å². The lowest BCUT2D eigenvalue weighted by Crippen LogP contribution is -2.30. The molecule has 0 saturated carbocycles. The number of rotatable bonds is 7. The monoisotopic (exact) mass is 451 g/mol. The average molecular weight is 451 g/mol. The summed E-state index contributed by atoms with van der Waals surface area (Å²) in [5.74, 6) is -1.87. The topological polar surface area (TPSA) is 193 Å². The number of nitrogens with one attached hydrogen (secondary N) is 2. The van der Waals surface area contributed by atoms with Gasteiger partial charge in [-0.2, -0.15) is 5.10 Å². The summed E-state index contributed by atoms with van der Waals surface area (Å²) < 4.78 is 0. The maximum Gasteiger partial charge on any atom is 0.358 e. The summed E-state index contributed by atoms with van der Waals surface area (Å²) in [6.45, 7) is -0.0149. The van der Waals surface area contributed by atoms with E-state index in [1.165, 1.54) is 5.38 Å². The molecule has 2 aromatic rings. The van der Waals surface area contributed by atoms with E-state index >= 15 is 0 Å². The first-order chi connectivity index (χ1) is 14.2. The summed E-state index contributed by atoms with van der Waals surface area (Å²) in [6, 6.07) is 2.74. The Hall–Kier alpha value is -4.05. The molecule has 0 bridgehead atoms. The van der Waals surface area contributed by atoms with Gasteiger partial charge in [-0.1, -0.05) is 0 Å². The molecule has 1 saturated heterocycles. The summed E-state index contributed by atoms with van der Waals surface area (Å²) in [7, 11) is 0. The van der Waals surface area contributed by atoms with Gasteiger partial charge in [-0.3, -0.25) is 30.4 Å². The number of nitrogens with zero attached hydrogens (tertiary/aromatic N) is 5. The van der Waals surface area contributed by atoms with E-state index < -0.39 is 32.9 Å². The van der Waals surface area contributed by atoms with Gasteiger partial charge >= 0.3 is 11.7 Å². The van der Waals surface area contributed by atoms with Crippen LogP contribution in [-0.4, -0.2) is 49.2 Å². The van der Waals surface area contributed by atoms with Gasteiger partial charge in [0, 0.05) is 11.4 Å². The number of thiazole rings is 1. The van der Waals surface area contributed by atoms with Crippen LogP contribution in [0.25, 0.3) is 0 Å². The average Bonchev–Trinajstić information content (AvgIpc) is 3.27. The second kappa shape index (κ2) is 8.13. The van der Waals surface area contributed by atoms with Crippen molar-refractivity contribution in [2.75, 3.05) is 16.9 Å². The molecule has 0 radical (unpaired) electrons. The number of amides is 1. The van der Waals surface area contributed by atoms with Gasteiger partial charge in [-0.25, -0.2) is 14.7 Å². The molecule has 0 aliphatic carbocycles. The number of nitro benzene ring substituents is 2. The highest BCUT2D eigenvalue weighted by atomic mass is 32.1. The molecule has 154 valence electrons. The molecule has 14 nitrogen and oxygen atoms in total. The van der Waals surface area contributed by atoms with Crippen molar-refractivity contribution in [2.24, 2.45) is 5.10 Å². The number of hydrogen-bond acceptors (Lipinski definition) is 11. The molecule has 1 aliphatic heterocycles. The maximum atomic E-state index is 11.9. The Morgan fingerprint density at radius 1 is 1.37 bits per heavy atom. The Morgan fingerprint density at radius 2 is 2.10 bits per heavy atom. The Balaban J connectivity index is 1.92. The van der Waals surface area contributed by atoms with Gasteiger partial charge in [0.15, 0.2) is 16.0 Å². The third kappa shape index (κ3) is 4.03. The number of carboxylic acids is 1. The molecule has 30 heavy (non-hydrogen) atoms. The minimum absolute atomic E-state index is 0.0149. The van der Waals surface area contributed by atoms with Crippen LogP contribution in [0.3, 0.4) is 0 Å². The molecule has 1 amide bonds. The fraction of sp³-hybridized carbons (Fsp3) is 0.0714. The van der Waals surface area contributed by atoms with Crippen molar-refractivity contribution < 1.29 is 24.5 Å². The molecule has 1 aromatic carbocycles. The molecular weight excluding hydrogens is 442 g/mol. The van der Waals surface area contributed by atoms with Crippen LogP contribution in [0.5, 0.6) is 0 Å². The minimum Gasteiger partial charge on any atom is -0.476 e. The number of nitro groups is 2. The Bertz CT molecular complexity index is 1110. The van der Waals surface area contributed by atoms with Crippen LogP contribution in [0.4, 0.5) is 22.2 Å². The summed E-state index contributed by atoms with van der Waals surface area (Å²) in [5, 5.41) is 39.3. The third-order valence-corrected chi connectivity index (χ3v) is 4.80. The number of non-ortho nitro benzene ring substituents is 1. The quantitative estimate of drug-likeness (QED) is 0.236. The number of aliphatic carboxylic acids is 1. The van der Waals surface area contributed by atoms with Crippen molar-refractivity contribution in [1.82, 2.24) is 10.3 Å². The van der Waals surface area contributed by atoms with Crippen molar-refractivity contribution >= 4 is 68.4 Å².